The molecule has 3 rings (SSSR count). The van der Waals surface area contributed by atoms with Crippen LogP contribution in [0.1, 0.15) is 49.2 Å². The Balaban J connectivity index is 2.06. The van der Waals surface area contributed by atoms with Crippen molar-refractivity contribution >= 4 is 35.0 Å². The standard InChI is InChI=1S/C23H24ClFN2O6/c1-11(28)12-4-7-18-14(8-12)20(27-13-5-6-16(25)15(24)9-13)21(23(2,3)33-18)32-22(31)17(26)10-19(29)30/h4-9,17,20-21,27H,10,26H2,1-3H3,(H,29,30)/t17-,20-,21-/m0/s1. The SMILES string of the molecule is CC(=O)c1ccc2c(c1)[C@H](Nc1ccc(F)c(Cl)c1)[C@H](OC(=O)[C@@H](N)CC(=O)O)C(C)(C)O2. The number of ketones is 1. The Morgan fingerprint density at radius 3 is 2.58 bits per heavy atom. The second-order valence-corrected chi connectivity index (χ2v) is 8.73. The topological polar surface area (TPSA) is 128 Å². The van der Waals surface area contributed by atoms with E-state index in [0.717, 1.165) is 0 Å². The maximum Gasteiger partial charge on any atom is 0.324 e. The summed E-state index contributed by atoms with van der Waals surface area (Å²) in [6, 6.07) is 6.78. The average molecular weight is 479 g/mol. The first-order valence-corrected chi connectivity index (χ1v) is 10.5. The summed E-state index contributed by atoms with van der Waals surface area (Å²) in [6.45, 7) is 4.81. The molecule has 0 radical (unpaired) electrons. The number of rotatable bonds is 7. The summed E-state index contributed by atoms with van der Waals surface area (Å²) in [6.07, 6.45) is -1.60. The fraction of sp³-hybridized carbons (Fsp3) is 0.348. The van der Waals surface area contributed by atoms with E-state index in [1.54, 1.807) is 32.0 Å². The highest BCUT2D eigenvalue weighted by molar-refractivity contribution is 6.31. The van der Waals surface area contributed by atoms with E-state index in [1.807, 2.05) is 0 Å². The third kappa shape index (κ3) is 5.43. The van der Waals surface area contributed by atoms with Crippen molar-refractivity contribution in [3.63, 3.8) is 0 Å². The molecule has 33 heavy (non-hydrogen) atoms. The van der Waals surface area contributed by atoms with E-state index in [2.05, 4.69) is 5.32 Å². The molecule has 1 heterocycles. The molecule has 1 aliphatic rings. The predicted octanol–water partition coefficient (Wildman–Crippen LogP) is 3.72. The van der Waals surface area contributed by atoms with Crippen molar-refractivity contribution in [3.8, 4) is 5.75 Å². The molecular weight excluding hydrogens is 455 g/mol. The number of nitrogens with one attached hydrogen (secondary N) is 1. The van der Waals surface area contributed by atoms with Crippen molar-refractivity contribution in [2.75, 3.05) is 5.32 Å². The molecule has 0 saturated carbocycles. The number of hydrogen-bond acceptors (Lipinski definition) is 7. The fourth-order valence-electron chi connectivity index (χ4n) is 3.62. The van der Waals surface area contributed by atoms with Crippen molar-refractivity contribution in [2.24, 2.45) is 5.73 Å². The van der Waals surface area contributed by atoms with Gasteiger partial charge in [0, 0.05) is 16.8 Å². The Morgan fingerprint density at radius 1 is 1.27 bits per heavy atom. The number of aliphatic carboxylic acids is 1. The number of carboxylic acids is 1. The van der Waals surface area contributed by atoms with Gasteiger partial charge in [0.15, 0.2) is 11.9 Å². The Labute approximate surface area is 194 Å². The summed E-state index contributed by atoms with van der Waals surface area (Å²) in [7, 11) is 0. The lowest BCUT2D eigenvalue weighted by molar-refractivity contribution is -0.166. The molecule has 0 amide bonds. The zero-order valence-electron chi connectivity index (χ0n) is 18.2. The minimum Gasteiger partial charge on any atom is -0.484 e. The monoisotopic (exact) mass is 478 g/mol. The lowest BCUT2D eigenvalue weighted by Gasteiger charge is -2.44. The fourth-order valence-corrected chi connectivity index (χ4v) is 3.80. The number of carbonyl (C=O) groups is 3. The third-order valence-corrected chi connectivity index (χ3v) is 5.58. The van der Waals surface area contributed by atoms with Crippen LogP contribution in [0, 0.1) is 5.82 Å². The first-order chi connectivity index (χ1) is 15.4. The van der Waals surface area contributed by atoms with Crippen LogP contribution in [-0.2, 0) is 14.3 Å². The molecule has 0 fully saturated rings. The van der Waals surface area contributed by atoms with E-state index in [4.69, 9.17) is 31.9 Å². The van der Waals surface area contributed by atoms with E-state index in [0.29, 0.717) is 22.6 Å². The normalized spacial score (nSPS) is 19.6. The van der Waals surface area contributed by atoms with E-state index in [1.165, 1.54) is 25.1 Å². The Hall–Kier alpha value is -3.17. The number of nitrogens with two attached hydrogens (primary N) is 1. The largest absolute Gasteiger partial charge is 0.484 e. The van der Waals surface area contributed by atoms with Gasteiger partial charge in [0.05, 0.1) is 17.5 Å². The highest BCUT2D eigenvalue weighted by atomic mass is 35.5. The predicted molar refractivity (Wildman–Crippen MR) is 119 cm³/mol. The zero-order valence-corrected chi connectivity index (χ0v) is 19.0. The van der Waals surface area contributed by atoms with Crippen LogP contribution >= 0.6 is 11.6 Å². The molecular formula is C23H24ClFN2O6. The number of carbonyl (C=O) groups excluding carboxylic acids is 2. The quantitative estimate of drug-likeness (QED) is 0.405. The molecule has 0 spiro atoms. The van der Waals surface area contributed by atoms with Crippen LogP contribution in [0.4, 0.5) is 10.1 Å². The van der Waals surface area contributed by atoms with Crippen LogP contribution < -0.4 is 15.8 Å². The Morgan fingerprint density at radius 2 is 1.97 bits per heavy atom. The molecule has 0 aliphatic carbocycles. The van der Waals surface area contributed by atoms with Gasteiger partial charge in [0.2, 0.25) is 0 Å². The Bertz CT molecular complexity index is 1110. The van der Waals surface area contributed by atoms with Gasteiger partial charge in [-0.05, 0) is 57.2 Å². The second-order valence-electron chi connectivity index (χ2n) is 8.33. The number of halogens is 2. The summed E-state index contributed by atoms with van der Waals surface area (Å²) in [5, 5.41) is 12.0. The molecule has 10 heteroatoms. The van der Waals surface area contributed by atoms with Crippen LogP contribution in [0.5, 0.6) is 5.75 Å². The molecule has 0 unspecified atom stereocenters. The number of Topliss-reactive ketones (excluding diaryl/α,β-unsaturated/α-hetero) is 1. The molecule has 2 aromatic carbocycles. The molecule has 8 nitrogen and oxygen atoms in total. The van der Waals surface area contributed by atoms with Crippen LogP contribution in [0.2, 0.25) is 5.02 Å². The van der Waals surface area contributed by atoms with Gasteiger partial charge in [-0.25, -0.2) is 4.39 Å². The second kappa shape index (κ2) is 9.36. The smallest absolute Gasteiger partial charge is 0.324 e. The number of carboxylic acid groups (broad SMARTS) is 1. The van der Waals surface area contributed by atoms with Gasteiger partial charge in [0.25, 0.3) is 0 Å². The number of hydrogen-bond donors (Lipinski definition) is 3. The number of ether oxygens (including phenoxy) is 2. The van der Waals surface area contributed by atoms with Gasteiger partial charge in [-0.3, -0.25) is 14.4 Å². The summed E-state index contributed by atoms with van der Waals surface area (Å²) in [5.41, 5.74) is 5.98. The number of anilines is 1. The first-order valence-electron chi connectivity index (χ1n) is 10.1. The van der Waals surface area contributed by atoms with Crippen molar-refractivity contribution < 1.29 is 33.4 Å². The van der Waals surface area contributed by atoms with Crippen molar-refractivity contribution in [3.05, 3.63) is 58.4 Å². The molecule has 0 aromatic heterocycles. The molecule has 176 valence electrons. The van der Waals surface area contributed by atoms with Gasteiger partial charge in [-0.1, -0.05) is 11.6 Å². The first kappa shape index (κ1) is 24.5. The summed E-state index contributed by atoms with van der Waals surface area (Å²) < 4.78 is 25.4. The molecule has 4 N–H and O–H groups in total. The van der Waals surface area contributed by atoms with E-state index in [-0.39, 0.29) is 10.8 Å². The summed E-state index contributed by atoms with van der Waals surface area (Å²) in [4.78, 5) is 35.5. The minimum atomic E-state index is -1.39. The third-order valence-electron chi connectivity index (χ3n) is 5.29. The molecule has 3 atom stereocenters. The van der Waals surface area contributed by atoms with E-state index >= 15 is 0 Å². The maximum atomic E-state index is 13.7. The highest BCUT2D eigenvalue weighted by Crippen LogP contribution is 2.43. The minimum absolute atomic E-state index is 0.110. The van der Waals surface area contributed by atoms with E-state index in [9.17, 15) is 18.8 Å². The number of esters is 1. The number of benzene rings is 2. The summed E-state index contributed by atoms with van der Waals surface area (Å²) >= 11 is 5.92. The van der Waals surface area contributed by atoms with Crippen LogP contribution in [0.25, 0.3) is 0 Å². The van der Waals surface area contributed by atoms with Gasteiger partial charge >= 0.3 is 11.9 Å². The Kier molecular flexibility index (Phi) is 6.94. The van der Waals surface area contributed by atoms with Crippen molar-refractivity contribution in [1.82, 2.24) is 0 Å². The van der Waals surface area contributed by atoms with Crippen molar-refractivity contribution in [1.29, 1.82) is 0 Å². The lowest BCUT2D eigenvalue weighted by atomic mass is 9.85. The van der Waals surface area contributed by atoms with Crippen LogP contribution in [0.15, 0.2) is 36.4 Å². The lowest BCUT2D eigenvalue weighted by Crippen LogP contribution is -2.54. The highest BCUT2D eigenvalue weighted by Gasteiger charge is 2.47. The molecule has 0 bridgehead atoms. The number of fused-ring (bicyclic) bond motifs is 1. The van der Waals surface area contributed by atoms with Gasteiger partial charge in [0.1, 0.15) is 23.2 Å². The van der Waals surface area contributed by atoms with Gasteiger partial charge < -0.3 is 25.6 Å². The van der Waals surface area contributed by atoms with Gasteiger partial charge in [-0.15, -0.1) is 0 Å². The van der Waals surface area contributed by atoms with Crippen molar-refractivity contribution in [2.45, 2.75) is 51.0 Å². The molecule has 2 aromatic rings. The van der Waals surface area contributed by atoms with Crippen LogP contribution in [0.3, 0.4) is 0 Å². The molecule has 1 aliphatic heterocycles. The molecule has 0 saturated heterocycles. The van der Waals surface area contributed by atoms with Crippen LogP contribution in [-0.4, -0.2) is 40.6 Å². The maximum absolute atomic E-state index is 13.7. The van der Waals surface area contributed by atoms with E-state index < -0.39 is 48.0 Å². The summed E-state index contributed by atoms with van der Waals surface area (Å²) in [5.74, 6) is -2.49. The van der Waals surface area contributed by atoms with Gasteiger partial charge in [-0.2, -0.15) is 0 Å². The zero-order chi connectivity index (χ0) is 24.5. The average Bonchev–Trinajstić information content (AvgIpc) is 2.71.